The maximum atomic E-state index is 13.1. The summed E-state index contributed by atoms with van der Waals surface area (Å²) in [6.07, 6.45) is 0. The molecule has 0 saturated heterocycles. The van der Waals surface area contributed by atoms with Crippen LogP contribution in [0.25, 0.3) is 11.4 Å². The minimum atomic E-state index is -0.952. The molecule has 0 amide bonds. The molecule has 6 heteroatoms. The largest absolute Gasteiger partial charge is 0.337 e. The number of nitrogens with zero attached hydrogens (tertiary/aromatic N) is 2. The van der Waals surface area contributed by atoms with Crippen molar-refractivity contribution in [3.05, 3.63) is 35.7 Å². The predicted molar refractivity (Wildman–Crippen MR) is 61.4 cm³/mol. The number of nitrogens with two attached hydrogens (primary N) is 1. The molecule has 0 aliphatic heterocycles. The van der Waals surface area contributed by atoms with Gasteiger partial charge in [0, 0.05) is 5.56 Å². The number of hydrogen-bond donors (Lipinski definition) is 1. The first kappa shape index (κ1) is 12.6. The highest BCUT2D eigenvalue weighted by molar-refractivity contribution is 5.54. The Bertz CT molecular complexity index is 554. The predicted octanol–water partition coefficient (Wildman–Crippen LogP) is 2.67. The molecular formula is C12H13F2N3O. The first-order chi connectivity index (χ1) is 8.49. The summed E-state index contributed by atoms with van der Waals surface area (Å²) >= 11 is 0. The molecule has 0 spiro atoms. The van der Waals surface area contributed by atoms with Crippen molar-refractivity contribution in [3.8, 4) is 11.4 Å². The van der Waals surface area contributed by atoms with Crippen molar-refractivity contribution >= 4 is 0 Å². The van der Waals surface area contributed by atoms with Gasteiger partial charge < -0.3 is 10.3 Å². The lowest BCUT2D eigenvalue weighted by atomic mass is 10.1. The SMILES string of the molecule is CC(C)[C@@H](N)c1nc(-c2ccc(F)c(F)c2)no1. The van der Waals surface area contributed by atoms with E-state index >= 15 is 0 Å². The number of benzene rings is 1. The van der Waals surface area contributed by atoms with Crippen LogP contribution in [0, 0.1) is 17.6 Å². The van der Waals surface area contributed by atoms with E-state index in [0.29, 0.717) is 5.56 Å². The monoisotopic (exact) mass is 253 g/mol. The summed E-state index contributed by atoms with van der Waals surface area (Å²) in [6.45, 7) is 3.85. The van der Waals surface area contributed by atoms with Crippen LogP contribution in [-0.4, -0.2) is 10.1 Å². The van der Waals surface area contributed by atoms with Crippen molar-refractivity contribution in [1.29, 1.82) is 0 Å². The lowest BCUT2D eigenvalue weighted by Gasteiger charge is -2.09. The molecular weight excluding hydrogens is 240 g/mol. The van der Waals surface area contributed by atoms with Crippen molar-refractivity contribution < 1.29 is 13.3 Å². The van der Waals surface area contributed by atoms with Crippen molar-refractivity contribution in [1.82, 2.24) is 10.1 Å². The van der Waals surface area contributed by atoms with Gasteiger partial charge in [-0.25, -0.2) is 8.78 Å². The van der Waals surface area contributed by atoms with Crippen LogP contribution in [0.1, 0.15) is 25.8 Å². The Hall–Kier alpha value is -1.82. The van der Waals surface area contributed by atoms with Gasteiger partial charge >= 0.3 is 0 Å². The molecule has 1 aromatic heterocycles. The molecule has 0 aliphatic rings. The molecule has 2 aromatic rings. The van der Waals surface area contributed by atoms with E-state index in [-0.39, 0.29) is 23.7 Å². The zero-order valence-electron chi connectivity index (χ0n) is 10.0. The Morgan fingerprint density at radius 1 is 1.22 bits per heavy atom. The van der Waals surface area contributed by atoms with Crippen molar-refractivity contribution in [2.45, 2.75) is 19.9 Å². The third-order valence-electron chi connectivity index (χ3n) is 2.62. The van der Waals surface area contributed by atoms with Gasteiger partial charge in [-0.1, -0.05) is 19.0 Å². The van der Waals surface area contributed by atoms with Crippen LogP contribution in [0.15, 0.2) is 22.7 Å². The van der Waals surface area contributed by atoms with Crippen LogP contribution >= 0.6 is 0 Å². The summed E-state index contributed by atoms with van der Waals surface area (Å²) in [6, 6.07) is 3.04. The van der Waals surface area contributed by atoms with E-state index in [9.17, 15) is 8.78 Å². The molecule has 0 aliphatic carbocycles. The summed E-state index contributed by atoms with van der Waals surface area (Å²) in [4.78, 5) is 4.08. The van der Waals surface area contributed by atoms with Gasteiger partial charge in [0.25, 0.3) is 0 Å². The molecule has 0 radical (unpaired) electrons. The Labute approximate surface area is 103 Å². The van der Waals surface area contributed by atoms with E-state index in [4.69, 9.17) is 10.3 Å². The number of halogens is 2. The molecule has 0 bridgehead atoms. The van der Waals surface area contributed by atoms with Crippen molar-refractivity contribution in [2.24, 2.45) is 11.7 Å². The van der Waals surface area contributed by atoms with Gasteiger partial charge in [0.15, 0.2) is 11.6 Å². The lowest BCUT2D eigenvalue weighted by Crippen LogP contribution is -2.16. The van der Waals surface area contributed by atoms with Gasteiger partial charge in [0.1, 0.15) is 0 Å². The van der Waals surface area contributed by atoms with Crippen LogP contribution in [0.5, 0.6) is 0 Å². The van der Waals surface area contributed by atoms with Crippen LogP contribution in [0.3, 0.4) is 0 Å². The fourth-order valence-corrected chi connectivity index (χ4v) is 1.41. The molecule has 1 atom stereocenters. The fourth-order valence-electron chi connectivity index (χ4n) is 1.41. The minimum absolute atomic E-state index is 0.142. The fraction of sp³-hybridized carbons (Fsp3) is 0.333. The molecule has 2 N–H and O–H groups in total. The zero-order valence-corrected chi connectivity index (χ0v) is 10.0. The number of hydrogen-bond acceptors (Lipinski definition) is 4. The van der Waals surface area contributed by atoms with Gasteiger partial charge in [-0.2, -0.15) is 4.98 Å². The number of aromatic nitrogens is 2. The third-order valence-corrected chi connectivity index (χ3v) is 2.62. The van der Waals surface area contributed by atoms with Crippen LogP contribution in [0.2, 0.25) is 0 Å². The van der Waals surface area contributed by atoms with E-state index in [1.807, 2.05) is 13.8 Å². The zero-order chi connectivity index (χ0) is 13.3. The van der Waals surface area contributed by atoms with E-state index < -0.39 is 11.6 Å². The quantitative estimate of drug-likeness (QED) is 0.913. The molecule has 1 aromatic carbocycles. The van der Waals surface area contributed by atoms with Crippen LogP contribution in [-0.2, 0) is 0 Å². The molecule has 4 nitrogen and oxygen atoms in total. The van der Waals surface area contributed by atoms with Crippen LogP contribution in [0.4, 0.5) is 8.78 Å². The van der Waals surface area contributed by atoms with E-state index in [1.54, 1.807) is 0 Å². The molecule has 0 fully saturated rings. The maximum absolute atomic E-state index is 13.1. The minimum Gasteiger partial charge on any atom is -0.337 e. The second kappa shape index (κ2) is 4.81. The van der Waals surface area contributed by atoms with Gasteiger partial charge in [-0.15, -0.1) is 0 Å². The highest BCUT2D eigenvalue weighted by Gasteiger charge is 2.19. The average molecular weight is 253 g/mol. The molecule has 1 heterocycles. The van der Waals surface area contributed by atoms with Crippen LogP contribution < -0.4 is 5.73 Å². The second-order valence-electron chi connectivity index (χ2n) is 4.35. The maximum Gasteiger partial charge on any atom is 0.244 e. The van der Waals surface area contributed by atoms with Gasteiger partial charge in [-0.3, -0.25) is 0 Å². The van der Waals surface area contributed by atoms with Crippen molar-refractivity contribution in [2.75, 3.05) is 0 Å². The first-order valence-corrected chi connectivity index (χ1v) is 5.53. The normalized spacial score (nSPS) is 13.0. The van der Waals surface area contributed by atoms with Gasteiger partial charge in [0.2, 0.25) is 11.7 Å². The van der Waals surface area contributed by atoms with Gasteiger partial charge in [-0.05, 0) is 24.1 Å². The average Bonchev–Trinajstić information content (AvgIpc) is 2.81. The molecule has 18 heavy (non-hydrogen) atoms. The molecule has 0 saturated carbocycles. The second-order valence-corrected chi connectivity index (χ2v) is 4.35. The third kappa shape index (κ3) is 2.38. The summed E-state index contributed by atoms with van der Waals surface area (Å²) in [5, 5.41) is 3.71. The highest BCUT2D eigenvalue weighted by atomic mass is 19.2. The summed E-state index contributed by atoms with van der Waals surface area (Å²) in [5.74, 6) is -1.25. The van der Waals surface area contributed by atoms with E-state index in [1.165, 1.54) is 6.07 Å². The lowest BCUT2D eigenvalue weighted by molar-refractivity contribution is 0.325. The number of rotatable bonds is 3. The summed E-state index contributed by atoms with van der Waals surface area (Å²) in [5.41, 5.74) is 6.20. The molecule has 96 valence electrons. The Balaban J connectivity index is 2.32. The summed E-state index contributed by atoms with van der Waals surface area (Å²) < 4.78 is 30.9. The molecule has 0 unspecified atom stereocenters. The first-order valence-electron chi connectivity index (χ1n) is 5.53. The Kier molecular flexibility index (Phi) is 3.38. The standard InChI is InChI=1S/C12H13F2N3O/c1-6(2)10(15)12-16-11(17-18-12)7-3-4-8(13)9(14)5-7/h3-6,10H,15H2,1-2H3/t10-/m1/s1. The smallest absolute Gasteiger partial charge is 0.244 e. The molecule has 2 rings (SSSR count). The highest BCUT2D eigenvalue weighted by Crippen LogP contribution is 2.22. The van der Waals surface area contributed by atoms with Crippen molar-refractivity contribution in [3.63, 3.8) is 0 Å². The Morgan fingerprint density at radius 3 is 2.56 bits per heavy atom. The van der Waals surface area contributed by atoms with Gasteiger partial charge in [0.05, 0.1) is 6.04 Å². The van der Waals surface area contributed by atoms with E-state index in [2.05, 4.69) is 10.1 Å². The summed E-state index contributed by atoms with van der Waals surface area (Å²) in [7, 11) is 0. The van der Waals surface area contributed by atoms with E-state index in [0.717, 1.165) is 12.1 Å². The topological polar surface area (TPSA) is 64.9 Å². The Morgan fingerprint density at radius 2 is 1.94 bits per heavy atom.